The van der Waals surface area contributed by atoms with Crippen molar-refractivity contribution in [3.63, 3.8) is 0 Å². The number of esters is 1. The Kier molecular flexibility index (Phi) is 5.91. The van der Waals surface area contributed by atoms with Crippen molar-refractivity contribution >= 4 is 33.5 Å². The van der Waals surface area contributed by atoms with Crippen LogP contribution in [0.2, 0.25) is 5.02 Å². The maximum absolute atomic E-state index is 15.0. The van der Waals surface area contributed by atoms with Gasteiger partial charge in [0.15, 0.2) is 0 Å². The summed E-state index contributed by atoms with van der Waals surface area (Å²) in [5, 5.41) is 0.529. The normalized spacial score (nSPS) is 11.0. The number of hydrogen-bond acceptors (Lipinski definition) is 2. The van der Waals surface area contributed by atoms with Gasteiger partial charge < -0.3 is 9.30 Å². The minimum atomic E-state index is -0.786. The molecular formula is C21H17BrClF2NO2. The molecule has 1 aromatic heterocycles. The van der Waals surface area contributed by atoms with Gasteiger partial charge in [-0.3, -0.25) is 0 Å². The van der Waals surface area contributed by atoms with Crippen LogP contribution in [0.5, 0.6) is 0 Å². The van der Waals surface area contributed by atoms with Crippen LogP contribution < -0.4 is 0 Å². The lowest BCUT2D eigenvalue weighted by Gasteiger charge is -2.12. The summed E-state index contributed by atoms with van der Waals surface area (Å²) < 4.78 is 36.8. The van der Waals surface area contributed by atoms with Gasteiger partial charge in [0.2, 0.25) is 0 Å². The molecule has 0 amide bonds. The number of nitrogens with zero attached hydrogens (tertiary/aromatic N) is 1. The largest absolute Gasteiger partial charge is 0.462 e. The van der Waals surface area contributed by atoms with Crippen molar-refractivity contribution in [3.05, 3.63) is 68.8 Å². The first-order valence-corrected chi connectivity index (χ1v) is 9.71. The van der Waals surface area contributed by atoms with Crippen molar-refractivity contribution in [1.82, 2.24) is 4.57 Å². The standard InChI is InChI=1S/C21H17BrClF2NO2/c1-4-28-21(27)16-11(2)26(3)20(12-5-7-13(23)8-6-12)18(16)17-15(24)10-9-14(22)19(17)25/h5-10H,4H2,1-3H3. The average Bonchev–Trinajstić information content (AvgIpc) is 2.91. The fourth-order valence-corrected chi connectivity index (χ4v) is 3.66. The first kappa shape index (κ1) is 20.6. The Balaban J connectivity index is 2.45. The van der Waals surface area contributed by atoms with Crippen molar-refractivity contribution in [1.29, 1.82) is 0 Å². The van der Waals surface area contributed by atoms with Gasteiger partial charge in [-0.15, -0.1) is 0 Å². The molecule has 0 aliphatic heterocycles. The zero-order chi connectivity index (χ0) is 20.6. The Morgan fingerprint density at radius 1 is 1.14 bits per heavy atom. The molecule has 0 unspecified atom stereocenters. The van der Waals surface area contributed by atoms with Gasteiger partial charge in [-0.1, -0.05) is 23.7 Å². The first-order valence-electron chi connectivity index (χ1n) is 8.54. The molecule has 0 aliphatic carbocycles. The van der Waals surface area contributed by atoms with E-state index in [1.54, 1.807) is 49.7 Å². The highest BCUT2D eigenvalue weighted by Crippen LogP contribution is 2.42. The Hall–Kier alpha value is -2.18. The molecule has 0 radical (unpaired) electrons. The molecule has 1 heterocycles. The second-order valence-electron chi connectivity index (χ2n) is 6.19. The predicted octanol–water partition coefficient (Wildman–Crippen LogP) is 6.54. The summed E-state index contributed by atoms with van der Waals surface area (Å²) in [5.74, 6) is -2.19. The van der Waals surface area contributed by atoms with Crippen molar-refractivity contribution in [2.24, 2.45) is 7.05 Å². The van der Waals surface area contributed by atoms with Crippen molar-refractivity contribution < 1.29 is 18.3 Å². The van der Waals surface area contributed by atoms with Crippen LogP contribution in [-0.2, 0) is 11.8 Å². The van der Waals surface area contributed by atoms with Crippen molar-refractivity contribution in [2.75, 3.05) is 6.61 Å². The summed E-state index contributed by atoms with van der Waals surface area (Å²) in [6, 6.07) is 9.29. The summed E-state index contributed by atoms with van der Waals surface area (Å²) in [6.45, 7) is 3.53. The molecule has 3 aromatic rings. The Labute approximate surface area is 175 Å². The topological polar surface area (TPSA) is 31.2 Å². The Bertz CT molecular complexity index is 1060. The number of hydrogen-bond donors (Lipinski definition) is 0. The van der Waals surface area contributed by atoms with E-state index in [0.717, 1.165) is 6.07 Å². The molecule has 0 bridgehead atoms. The van der Waals surface area contributed by atoms with Gasteiger partial charge in [0.05, 0.1) is 27.9 Å². The number of aromatic nitrogens is 1. The third kappa shape index (κ3) is 3.47. The van der Waals surface area contributed by atoms with Crippen LogP contribution in [0.25, 0.3) is 22.4 Å². The van der Waals surface area contributed by atoms with Gasteiger partial charge in [0, 0.05) is 23.3 Å². The quantitative estimate of drug-likeness (QED) is 0.322. The molecule has 0 aliphatic rings. The number of rotatable bonds is 4. The lowest BCUT2D eigenvalue weighted by molar-refractivity contribution is 0.0526. The molecule has 0 spiro atoms. The van der Waals surface area contributed by atoms with Crippen LogP contribution in [0, 0.1) is 18.6 Å². The maximum atomic E-state index is 15.0. The van der Waals surface area contributed by atoms with Crippen LogP contribution in [0.15, 0.2) is 40.9 Å². The van der Waals surface area contributed by atoms with E-state index in [-0.39, 0.29) is 27.8 Å². The van der Waals surface area contributed by atoms with Crippen LogP contribution in [0.4, 0.5) is 8.78 Å². The first-order chi connectivity index (χ1) is 13.3. The van der Waals surface area contributed by atoms with E-state index in [0.29, 0.717) is 22.0 Å². The fourth-order valence-electron chi connectivity index (χ4n) is 3.20. The molecule has 3 nitrogen and oxygen atoms in total. The van der Waals surface area contributed by atoms with Gasteiger partial charge >= 0.3 is 5.97 Å². The van der Waals surface area contributed by atoms with Crippen molar-refractivity contribution in [3.8, 4) is 22.4 Å². The van der Waals surface area contributed by atoms with Crippen LogP contribution in [0.1, 0.15) is 23.0 Å². The van der Waals surface area contributed by atoms with Gasteiger partial charge in [0.1, 0.15) is 11.6 Å². The third-order valence-electron chi connectivity index (χ3n) is 4.58. The van der Waals surface area contributed by atoms with Crippen LogP contribution in [-0.4, -0.2) is 17.1 Å². The molecule has 7 heteroatoms. The molecule has 146 valence electrons. The SMILES string of the molecule is CCOC(=O)c1c(-c2c(F)ccc(Br)c2F)c(-c2ccc(Cl)cc2)n(C)c1C. The van der Waals surface area contributed by atoms with Crippen molar-refractivity contribution in [2.45, 2.75) is 13.8 Å². The maximum Gasteiger partial charge on any atom is 0.340 e. The van der Waals surface area contributed by atoms with Gasteiger partial charge in [0.25, 0.3) is 0 Å². The minimum absolute atomic E-state index is 0.0993. The smallest absolute Gasteiger partial charge is 0.340 e. The number of carbonyl (C=O) groups is 1. The molecule has 0 atom stereocenters. The molecule has 0 N–H and O–H groups in total. The van der Waals surface area contributed by atoms with E-state index in [2.05, 4.69) is 15.9 Å². The highest BCUT2D eigenvalue weighted by molar-refractivity contribution is 9.10. The molecule has 0 saturated carbocycles. The number of halogens is 4. The summed E-state index contributed by atoms with van der Waals surface area (Å²) in [6.07, 6.45) is 0. The van der Waals surface area contributed by atoms with E-state index in [9.17, 15) is 9.18 Å². The van der Waals surface area contributed by atoms with Crippen LogP contribution in [0.3, 0.4) is 0 Å². The summed E-state index contributed by atoms with van der Waals surface area (Å²) in [5.41, 5.74) is 1.69. The fraction of sp³-hybridized carbons (Fsp3) is 0.190. The highest BCUT2D eigenvalue weighted by Gasteiger charge is 2.30. The second kappa shape index (κ2) is 8.05. The molecule has 2 aromatic carbocycles. The molecule has 0 fully saturated rings. The molecule has 28 heavy (non-hydrogen) atoms. The molecule has 3 rings (SSSR count). The lowest BCUT2D eigenvalue weighted by atomic mass is 9.96. The zero-order valence-corrected chi connectivity index (χ0v) is 17.8. The number of benzene rings is 2. The van der Waals surface area contributed by atoms with Gasteiger partial charge in [-0.2, -0.15) is 0 Å². The monoisotopic (exact) mass is 467 g/mol. The zero-order valence-electron chi connectivity index (χ0n) is 15.4. The number of carbonyl (C=O) groups excluding carboxylic acids is 1. The van der Waals surface area contributed by atoms with Crippen LogP contribution >= 0.6 is 27.5 Å². The van der Waals surface area contributed by atoms with E-state index in [1.807, 2.05) is 0 Å². The number of ether oxygens (including phenoxy) is 1. The average molecular weight is 469 g/mol. The van der Waals surface area contributed by atoms with Gasteiger partial charge in [-0.25, -0.2) is 13.6 Å². The predicted molar refractivity (Wildman–Crippen MR) is 110 cm³/mol. The molecule has 0 saturated heterocycles. The van der Waals surface area contributed by atoms with Gasteiger partial charge in [-0.05, 0) is 59.6 Å². The highest BCUT2D eigenvalue weighted by atomic mass is 79.9. The summed E-state index contributed by atoms with van der Waals surface area (Å²) >= 11 is 9.09. The van der Waals surface area contributed by atoms with E-state index >= 15 is 4.39 Å². The molecular weight excluding hydrogens is 452 g/mol. The van der Waals surface area contributed by atoms with E-state index in [4.69, 9.17) is 16.3 Å². The Morgan fingerprint density at radius 3 is 2.39 bits per heavy atom. The van der Waals surface area contributed by atoms with E-state index < -0.39 is 17.6 Å². The summed E-state index contributed by atoms with van der Waals surface area (Å²) in [4.78, 5) is 12.7. The Morgan fingerprint density at radius 2 is 1.79 bits per heavy atom. The van der Waals surface area contributed by atoms with E-state index in [1.165, 1.54) is 6.07 Å². The second-order valence-corrected chi connectivity index (χ2v) is 7.48. The third-order valence-corrected chi connectivity index (χ3v) is 5.44. The minimum Gasteiger partial charge on any atom is -0.462 e. The summed E-state index contributed by atoms with van der Waals surface area (Å²) in [7, 11) is 1.74. The lowest BCUT2D eigenvalue weighted by Crippen LogP contribution is -2.08.